The Kier molecular flexibility index (Phi) is 9.62. The van der Waals surface area contributed by atoms with Crippen LogP contribution in [0.4, 0.5) is 4.39 Å². The molecule has 3 N–H and O–H groups in total. The molecule has 2 aromatic carbocycles. The van der Waals surface area contributed by atoms with E-state index in [1.54, 1.807) is 0 Å². The number of ether oxygens (including phenoxy) is 1. The van der Waals surface area contributed by atoms with E-state index in [0.29, 0.717) is 11.3 Å². The van der Waals surface area contributed by atoms with E-state index in [0.717, 1.165) is 9.98 Å². The van der Waals surface area contributed by atoms with E-state index in [2.05, 4.69) is 5.10 Å². The summed E-state index contributed by atoms with van der Waals surface area (Å²) in [6.07, 6.45) is -3.21. The Labute approximate surface area is 218 Å². The van der Waals surface area contributed by atoms with Crippen molar-refractivity contribution in [2.24, 2.45) is 0 Å². The number of hydrogen-bond donors (Lipinski definition) is 3. The second kappa shape index (κ2) is 12.7. The first-order valence-electron chi connectivity index (χ1n) is 11.7. The molecule has 3 aromatic rings. The lowest BCUT2D eigenvalue weighted by molar-refractivity contribution is -0.139. The summed E-state index contributed by atoms with van der Waals surface area (Å²) in [5.41, 5.74) is 1.67. The summed E-state index contributed by atoms with van der Waals surface area (Å²) in [7, 11) is 0. The van der Waals surface area contributed by atoms with Crippen LogP contribution in [0.15, 0.2) is 54.6 Å². The van der Waals surface area contributed by atoms with Crippen LogP contribution >= 0.6 is 11.8 Å². The molecule has 9 nitrogen and oxygen atoms in total. The van der Waals surface area contributed by atoms with Gasteiger partial charge in [-0.25, -0.2) is 13.5 Å². The van der Waals surface area contributed by atoms with E-state index >= 15 is 0 Å². The smallest absolute Gasteiger partial charge is 0.305 e. The number of benzene rings is 2. The standard InChI is InChI=1S/C26H29ClFN3O6/c1-16(2)23-24(25(36)30(27)14-17-6-4-3-5-7-17)29-31(19-10-8-18(28)9-11-19)26(23)37-15-21(33)12-20(32)13-22(34)35/h3-11,16,20-21,32-33H,12-15H2,1-2H3,(H,34,35)/t20-,21+/m1/s1. The number of hydrogen-bond acceptors (Lipinski definition) is 6. The van der Waals surface area contributed by atoms with Gasteiger partial charge in [-0.15, -0.1) is 0 Å². The average molecular weight is 534 g/mol. The maximum atomic E-state index is 13.6. The molecule has 2 atom stereocenters. The summed E-state index contributed by atoms with van der Waals surface area (Å²) in [4.78, 5) is 24.2. The summed E-state index contributed by atoms with van der Waals surface area (Å²) in [5.74, 6) is -2.35. The van der Waals surface area contributed by atoms with Gasteiger partial charge in [0.15, 0.2) is 5.69 Å². The third-order valence-corrected chi connectivity index (χ3v) is 5.75. The van der Waals surface area contributed by atoms with Crippen molar-refractivity contribution in [3.63, 3.8) is 0 Å². The van der Waals surface area contributed by atoms with Crippen molar-refractivity contribution >= 4 is 23.7 Å². The van der Waals surface area contributed by atoms with E-state index in [9.17, 15) is 24.2 Å². The molecule has 1 heterocycles. The van der Waals surface area contributed by atoms with Gasteiger partial charge < -0.3 is 20.1 Å². The highest BCUT2D eigenvalue weighted by Crippen LogP contribution is 2.34. The lowest BCUT2D eigenvalue weighted by atomic mass is 10.0. The largest absolute Gasteiger partial charge is 0.481 e. The maximum Gasteiger partial charge on any atom is 0.305 e. The van der Waals surface area contributed by atoms with Gasteiger partial charge in [0.2, 0.25) is 5.88 Å². The first kappa shape index (κ1) is 28.1. The molecule has 0 spiro atoms. The second-order valence-corrected chi connectivity index (χ2v) is 9.28. The molecule has 0 fully saturated rings. The summed E-state index contributed by atoms with van der Waals surface area (Å²) in [6, 6.07) is 14.6. The number of amides is 1. The van der Waals surface area contributed by atoms with Crippen molar-refractivity contribution in [1.82, 2.24) is 14.2 Å². The number of aliphatic carboxylic acids is 1. The van der Waals surface area contributed by atoms with Crippen molar-refractivity contribution in [2.75, 3.05) is 6.61 Å². The lowest BCUT2D eigenvalue weighted by Crippen LogP contribution is -2.26. The van der Waals surface area contributed by atoms with Gasteiger partial charge in [0.05, 0.1) is 36.4 Å². The van der Waals surface area contributed by atoms with E-state index in [-0.39, 0.29) is 37.1 Å². The Bertz CT molecular complexity index is 1200. The van der Waals surface area contributed by atoms with E-state index in [1.165, 1.54) is 28.9 Å². The number of carbonyl (C=O) groups is 2. The van der Waals surface area contributed by atoms with Crippen molar-refractivity contribution in [3.05, 3.63) is 77.2 Å². The average Bonchev–Trinajstić information content (AvgIpc) is 3.22. The highest BCUT2D eigenvalue weighted by atomic mass is 35.5. The number of aliphatic hydroxyl groups excluding tert-OH is 2. The molecule has 0 aliphatic carbocycles. The highest BCUT2D eigenvalue weighted by Gasteiger charge is 2.30. The number of carbonyl (C=O) groups excluding carboxylic acids is 1. The Morgan fingerprint density at radius 3 is 2.32 bits per heavy atom. The van der Waals surface area contributed by atoms with Crippen LogP contribution < -0.4 is 4.74 Å². The number of aliphatic hydroxyl groups is 2. The predicted molar refractivity (Wildman–Crippen MR) is 134 cm³/mol. The van der Waals surface area contributed by atoms with Gasteiger partial charge in [0.25, 0.3) is 5.91 Å². The SMILES string of the molecule is CC(C)c1c(C(=O)N(Cl)Cc2ccccc2)nn(-c2ccc(F)cc2)c1OC[C@@H](O)C[C@@H](O)CC(=O)O. The highest BCUT2D eigenvalue weighted by molar-refractivity contribution is 6.23. The molecule has 1 amide bonds. The zero-order valence-corrected chi connectivity index (χ0v) is 21.2. The first-order valence-corrected chi connectivity index (χ1v) is 12.0. The maximum absolute atomic E-state index is 13.6. The minimum Gasteiger partial charge on any atom is -0.481 e. The monoisotopic (exact) mass is 533 g/mol. The number of carboxylic acids is 1. The normalized spacial score (nSPS) is 12.8. The Hall–Kier alpha value is -3.47. The van der Waals surface area contributed by atoms with Crippen molar-refractivity contribution < 1.29 is 34.0 Å². The van der Waals surface area contributed by atoms with Crippen LogP contribution in [0.5, 0.6) is 5.88 Å². The second-order valence-electron chi connectivity index (χ2n) is 8.87. The quantitative estimate of drug-likeness (QED) is 0.301. The fraction of sp³-hybridized carbons (Fsp3) is 0.346. The molecule has 0 radical (unpaired) electrons. The topological polar surface area (TPSA) is 125 Å². The summed E-state index contributed by atoms with van der Waals surface area (Å²) < 4.78 is 21.8. The van der Waals surface area contributed by atoms with Crippen molar-refractivity contribution in [3.8, 4) is 11.6 Å². The van der Waals surface area contributed by atoms with Gasteiger partial charge in [-0.1, -0.05) is 44.2 Å². The summed E-state index contributed by atoms with van der Waals surface area (Å²) >= 11 is 6.36. The van der Waals surface area contributed by atoms with E-state index in [4.69, 9.17) is 21.6 Å². The van der Waals surface area contributed by atoms with Crippen LogP contribution in [-0.4, -0.2) is 60.2 Å². The van der Waals surface area contributed by atoms with Crippen LogP contribution in [0.25, 0.3) is 5.69 Å². The predicted octanol–water partition coefficient (Wildman–Crippen LogP) is 3.90. The van der Waals surface area contributed by atoms with E-state index in [1.807, 2.05) is 44.2 Å². The fourth-order valence-corrected chi connectivity index (χ4v) is 3.98. The van der Waals surface area contributed by atoms with Crippen LogP contribution in [0.2, 0.25) is 0 Å². The first-order chi connectivity index (χ1) is 17.6. The van der Waals surface area contributed by atoms with Crippen LogP contribution in [0.3, 0.4) is 0 Å². The van der Waals surface area contributed by atoms with Gasteiger partial charge in [-0.2, -0.15) is 5.10 Å². The molecule has 3 rings (SSSR count). The molecule has 1 aromatic heterocycles. The molecule has 0 aliphatic heterocycles. The molecule has 0 saturated heterocycles. The minimum absolute atomic E-state index is 0.0284. The molecule has 0 bridgehead atoms. The summed E-state index contributed by atoms with van der Waals surface area (Å²) in [6.45, 7) is 3.47. The fourth-order valence-electron chi connectivity index (χ4n) is 3.76. The van der Waals surface area contributed by atoms with Gasteiger partial charge in [-0.3, -0.25) is 9.59 Å². The molecule has 198 valence electrons. The summed E-state index contributed by atoms with van der Waals surface area (Å²) in [5, 5.41) is 33.4. The minimum atomic E-state index is -1.26. The number of carboxylic acid groups (broad SMARTS) is 1. The Balaban J connectivity index is 1.95. The molecule has 0 unspecified atom stereocenters. The zero-order valence-electron chi connectivity index (χ0n) is 20.4. The van der Waals surface area contributed by atoms with Crippen LogP contribution in [0.1, 0.15) is 54.2 Å². The van der Waals surface area contributed by atoms with Gasteiger partial charge in [-0.05, 0) is 35.7 Å². The number of aromatic nitrogens is 2. The van der Waals surface area contributed by atoms with Gasteiger partial charge in [0, 0.05) is 18.2 Å². The zero-order chi connectivity index (χ0) is 27.1. The number of rotatable bonds is 12. The lowest BCUT2D eigenvalue weighted by Gasteiger charge is -2.18. The van der Waals surface area contributed by atoms with Crippen molar-refractivity contribution in [1.29, 1.82) is 0 Å². The number of halogens is 2. The Morgan fingerprint density at radius 1 is 1.08 bits per heavy atom. The molecular weight excluding hydrogens is 505 g/mol. The third kappa shape index (κ3) is 7.51. The molecule has 0 saturated carbocycles. The molecular formula is C26H29ClFN3O6. The van der Waals surface area contributed by atoms with Gasteiger partial charge >= 0.3 is 5.97 Å². The van der Waals surface area contributed by atoms with E-state index < -0.39 is 36.3 Å². The van der Waals surface area contributed by atoms with Crippen LogP contribution in [-0.2, 0) is 11.3 Å². The Morgan fingerprint density at radius 2 is 1.73 bits per heavy atom. The molecule has 0 aliphatic rings. The molecule has 37 heavy (non-hydrogen) atoms. The van der Waals surface area contributed by atoms with Gasteiger partial charge in [0.1, 0.15) is 12.4 Å². The molecule has 11 heteroatoms. The number of nitrogens with zero attached hydrogens (tertiary/aromatic N) is 3. The third-order valence-electron chi connectivity index (χ3n) is 5.48. The van der Waals surface area contributed by atoms with Crippen LogP contribution in [0, 0.1) is 5.82 Å². The van der Waals surface area contributed by atoms with Crippen molar-refractivity contribution in [2.45, 2.75) is 51.4 Å².